The first-order valence-corrected chi connectivity index (χ1v) is 4.53. The summed E-state index contributed by atoms with van der Waals surface area (Å²) >= 11 is 11.2. The predicted molar refractivity (Wildman–Crippen MR) is 56.5 cm³/mol. The summed E-state index contributed by atoms with van der Waals surface area (Å²) in [7, 11) is 0. The van der Waals surface area contributed by atoms with Crippen LogP contribution in [0.25, 0.3) is 0 Å². The Morgan fingerprint density at radius 1 is 1.50 bits per heavy atom. The van der Waals surface area contributed by atoms with Crippen molar-refractivity contribution >= 4 is 35.0 Å². The fraction of sp³-hybridized carbons (Fsp3) is 0. The number of nitrogens with one attached hydrogen (secondary N) is 1. The Labute approximate surface area is 99.2 Å². The van der Waals surface area contributed by atoms with Crippen LogP contribution in [0.5, 0.6) is 5.75 Å². The summed E-state index contributed by atoms with van der Waals surface area (Å²) in [5.74, 6) is 4.34. The minimum Gasteiger partial charge on any atom is -0.400 e. The van der Waals surface area contributed by atoms with Crippen LogP contribution in [-0.2, 0) is 0 Å². The molecule has 1 aromatic carbocycles. The molecule has 3 N–H and O–H groups in total. The van der Waals surface area contributed by atoms with E-state index in [1.165, 1.54) is 6.07 Å². The number of hydrogen-bond donors (Lipinski definition) is 2. The van der Waals surface area contributed by atoms with Crippen molar-refractivity contribution in [1.29, 1.82) is 0 Å². The maximum absolute atomic E-state index is 10.8. The molecule has 16 heavy (non-hydrogen) atoms. The number of benzene rings is 1. The molecule has 0 atom stereocenters. The molecule has 0 aromatic heterocycles. The molecule has 0 aliphatic rings. The molecule has 0 radical (unpaired) electrons. The summed E-state index contributed by atoms with van der Waals surface area (Å²) in [6.45, 7) is 0. The lowest BCUT2D eigenvalue weighted by molar-refractivity contribution is -0.385. The summed E-state index contributed by atoms with van der Waals surface area (Å²) in [4.78, 5) is 20.7. The van der Waals surface area contributed by atoms with Gasteiger partial charge in [-0.3, -0.25) is 15.5 Å². The Morgan fingerprint density at radius 3 is 2.62 bits per heavy atom. The van der Waals surface area contributed by atoms with E-state index < -0.39 is 22.5 Å². The number of nitrogens with zero attached hydrogens (tertiary/aromatic N) is 1. The standard InChI is InChI=1S/C7H5Cl2N3O4/c8-3-1-4(9)6(16-7(13)11-10)5(2-3)12(14)15/h1-2H,10H2,(H,11,13). The van der Waals surface area contributed by atoms with Crippen LogP contribution in [0, 0.1) is 10.1 Å². The van der Waals surface area contributed by atoms with Crippen molar-refractivity contribution < 1.29 is 14.5 Å². The monoisotopic (exact) mass is 265 g/mol. The molecule has 0 bridgehead atoms. The van der Waals surface area contributed by atoms with Gasteiger partial charge in [-0.2, -0.15) is 0 Å². The number of amides is 1. The second kappa shape index (κ2) is 4.97. The molecule has 0 saturated carbocycles. The lowest BCUT2D eigenvalue weighted by Crippen LogP contribution is -2.33. The molecular formula is C7H5Cl2N3O4. The van der Waals surface area contributed by atoms with Crippen molar-refractivity contribution in [2.45, 2.75) is 0 Å². The van der Waals surface area contributed by atoms with Crippen molar-refractivity contribution in [3.8, 4) is 5.75 Å². The summed E-state index contributed by atoms with van der Waals surface area (Å²) in [6.07, 6.45) is -1.08. The summed E-state index contributed by atoms with van der Waals surface area (Å²) in [6, 6.07) is 2.21. The molecule has 0 unspecified atom stereocenters. The first-order valence-electron chi connectivity index (χ1n) is 3.77. The highest BCUT2D eigenvalue weighted by molar-refractivity contribution is 6.36. The predicted octanol–water partition coefficient (Wildman–Crippen LogP) is 1.86. The quantitative estimate of drug-likeness (QED) is 0.367. The van der Waals surface area contributed by atoms with Gasteiger partial charge in [0.05, 0.1) is 9.95 Å². The molecule has 0 spiro atoms. The lowest BCUT2D eigenvalue weighted by Gasteiger charge is -2.06. The van der Waals surface area contributed by atoms with Gasteiger partial charge in [0.1, 0.15) is 0 Å². The molecule has 1 amide bonds. The van der Waals surface area contributed by atoms with Crippen LogP contribution in [0.4, 0.5) is 10.5 Å². The average molecular weight is 266 g/mol. The van der Waals surface area contributed by atoms with Crippen LogP contribution in [0.2, 0.25) is 10.0 Å². The Hall–Kier alpha value is -1.57. The van der Waals surface area contributed by atoms with E-state index in [0.717, 1.165) is 6.07 Å². The molecule has 1 aromatic rings. The van der Waals surface area contributed by atoms with Crippen LogP contribution in [0.3, 0.4) is 0 Å². The number of hydrogen-bond acceptors (Lipinski definition) is 5. The number of halogens is 2. The van der Waals surface area contributed by atoms with Crippen LogP contribution in [-0.4, -0.2) is 11.0 Å². The molecule has 0 aliphatic heterocycles. The minimum atomic E-state index is -1.08. The average Bonchev–Trinajstić information content (AvgIpc) is 2.20. The number of nitrogens with two attached hydrogens (primary N) is 1. The first kappa shape index (κ1) is 12.5. The molecule has 0 saturated heterocycles. The van der Waals surface area contributed by atoms with Crippen LogP contribution in [0.1, 0.15) is 0 Å². The van der Waals surface area contributed by atoms with Gasteiger partial charge in [0, 0.05) is 11.1 Å². The number of nitro groups is 1. The molecular weight excluding hydrogens is 261 g/mol. The van der Waals surface area contributed by atoms with Crippen molar-refractivity contribution in [2.24, 2.45) is 5.84 Å². The second-order valence-electron chi connectivity index (χ2n) is 2.53. The molecule has 7 nitrogen and oxygen atoms in total. The van der Waals surface area contributed by atoms with E-state index in [1.807, 2.05) is 0 Å². The number of nitro benzene ring substituents is 1. The van der Waals surface area contributed by atoms with E-state index in [2.05, 4.69) is 4.74 Å². The van der Waals surface area contributed by atoms with Crippen LogP contribution < -0.4 is 16.0 Å². The van der Waals surface area contributed by atoms with E-state index in [-0.39, 0.29) is 10.0 Å². The Morgan fingerprint density at radius 2 is 2.12 bits per heavy atom. The zero-order chi connectivity index (χ0) is 12.3. The van der Waals surface area contributed by atoms with E-state index in [1.54, 1.807) is 5.43 Å². The number of hydrazine groups is 1. The highest BCUT2D eigenvalue weighted by Crippen LogP contribution is 2.37. The third-order valence-corrected chi connectivity index (χ3v) is 2.00. The highest BCUT2D eigenvalue weighted by atomic mass is 35.5. The molecule has 86 valence electrons. The van der Waals surface area contributed by atoms with Gasteiger partial charge in [0.15, 0.2) is 0 Å². The van der Waals surface area contributed by atoms with Gasteiger partial charge in [0.2, 0.25) is 5.75 Å². The van der Waals surface area contributed by atoms with Gasteiger partial charge in [-0.05, 0) is 6.07 Å². The number of carbonyl (C=O) groups is 1. The number of ether oxygens (including phenoxy) is 1. The van der Waals surface area contributed by atoms with Crippen molar-refractivity contribution in [3.63, 3.8) is 0 Å². The number of carbonyl (C=O) groups excluding carboxylic acids is 1. The highest BCUT2D eigenvalue weighted by Gasteiger charge is 2.22. The summed E-state index contributed by atoms with van der Waals surface area (Å²) in [5.41, 5.74) is 1.12. The largest absolute Gasteiger partial charge is 0.427 e. The Bertz CT molecular complexity index is 452. The molecule has 1 rings (SSSR count). The molecule has 0 aliphatic carbocycles. The molecule has 0 fully saturated rings. The zero-order valence-electron chi connectivity index (χ0n) is 7.57. The first-order chi connectivity index (χ1) is 7.45. The van der Waals surface area contributed by atoms with E-state index in [4.69, 9.17) is 29.0 Å². The summed E-state index contributed by atoms with van der Waals surface area (Å²) in [5, 5.41) is 10.5. The lowest BCUT2D eigenvalue weighted by atomic mass is 10.3. The van der Waals surface area contributed by atoms with Crippen molar-refractivity contribution in [2.75, 3.05) is 0 Å². The zero-order valence-corrected chi connectivity index (χ0v) is 9.08. The van der Waals surface area contributed by atoms with Gasteiger partial charge in [-0.15, -0.1) is 0 Å². The third kappa shape index (κ3) is 2.72. The van der Waals surface area contributed by atoms with Gasteiger partial charge in [-0.25, -0.2) is 10.6 Å². The van der Waals surface area contributed by atoms with E-state index in [0.29, 0.717) is 0 Å². The van der Waals surface area contributed by atoms with Crippen LogP contribution in [0.15, 0.2) is 12.1 Å². The third-order valence-electron chi connectivity index (χ3n) is 1.50. The molecule has 9 heteroatoms. The van der Waals surface area contributed by atoms with Gasteiger partial charge >= 0.3 is 11.8 Å². The van der Waals surface area contributed by atoms with Gasteiger partial charge < -0.3 is 4.74 Å². The Kier molecular flexibility index (Phi) is 3.88. The van der Waals surface area contributed by atoms with E-state index >= 15 is 0 Å². The van der Waals surface area contributed by atoms with Crippen molar-refractivity contribution in [3.05, 3.63) is 32.3 Å². The smallest absolute Gasteiger partial charge is 0.400 e. The number of rotatable bonds is 2. The Balaban J connectivity index is 3.24. The molecule has 0 heterocycles. The van der Waals surface area contributed by atoms with Crippen LogP contribution >= 0.6 is 23.2 Å². The van der Waals surface area contributed by atoms with Crippen molar-refractivity contribution in [1.82, 2.24) is 5.43 Å². The maximum Gasteiger partial charge on any atom is 0.427 e. The topological polar surface area (TPSA) is 107 Å². The maximum atomic E-state index is 10.8. The fourth-order valence-corrected chi connectivity index (χ4v) is 1.43. The normalized spacial score (nSPS) is 9.69. The van der Waals surface area contributed by atoms with Gasteiger partial charge in [0.25, 0.3) is 0 Å². The fourth-order valence-electron chi connectivity index (χ4n) is 0.906. The van der Waals surface area contributed by atoms with E-state index in [9.17, 15) is 14.9 Å². The SMILES string of the molecule is NNC(=O)Oc1c(Cl)cc(Cl)cc1[N+](=O)[O-]. The van der Waals surface area contributed by atoms with Gasteiger partial charge in [-0.1, -0.05) is 23.2 Å². The summed E-state index contributed by atoms with van der Waals surface area (Å²) < 4.78 is 4.53. The second-order valence-corrected chi connectivity index (χ2v) is 3.37. The minimum absolute atomic E-state index is 0.0530.